The minimum Gasteiger partial charge on any atom is -0.466 e. The van der Waals surface area contributed by atoms with E-state index in [9.17, 15) is 9.18 Å². The third kappa shape index (κ3) is 4.55. The Morgan fingerprint density at radius 1 is 1.14 bits per heavy atom. The van der Waals surface area contributed by atoms with Crippen LogP contribution in [-0.2, 0) is 16.0 Å². The summed E-state index contributed by atoms with van der Waals surface area (Å²) in [6.45, 7) is 1.92. The fourth-order valence-electron chi connectivity index (χ4n) is 2.22. The highest BCUT2D eigenvalue weighted by Crippen LogP contribution is 2.22. The van der Waals surface area contributed by atoms with Gasteiger partial charge in [0.1, 0.15) is 5.82 Å². The van der Waals surface area contributed by atoms with E-state index in [0.29, 0.717) is 0 Å². The van der Waals surface area contributed by atoms with Crippen LogP contribution in [0, 0.1) is 5.82 Å². The Hall–Kier alpha value is -2.42. The number of carbonyl (C=O) groups is 1. The smallest absolute Gasteiger partial charge is 0.330 e. The third-order valence-corrected chi connectivity index (χ3v) is 3.48. The van der Waals surface area contributed by atoms with Crippen molar-refractivity contribution in [3.8, 4) is 11.1 Å². The summed E-state index contributed by atoms with van der Waals surface area (Å²) in [6.07, 6.45) is 3.15. The summed E-state index contributed by atoms with van der Waals surface area (Å²) in [5, 5.41) is 0. The van der Waals surface area contributed by atoms with E-state index in [4.69, 9.17) is 0 Å². The molecular formula is C19H19FO2. The van der Waals surface area contributed by atoms with Crippen molar-refractivity contribution in [1.82, 2.24) is 0 Å². The second-order valence-corrected chi connectivity index (χ2v) is 5.22. The first-order chi connectivity index (χ1) is 10.6. The molecular weight excluding hydrogens is 279 g/mol. The topological polar surface area (TPSA) is 26.3 Å². The van der Waals surface area contributed by atoms with Crippen molar-refractivity contribution in [2.75, 3.05) is 7.11 Å². The quantitative estimate of drug-likeness (QED) is 0.598. The van der Waals surface area contributed by atoms with Crippen molar-refractivity contribution in [2.24, 2.45) is 0 Å². The van der Waals surface area contributed by atoms with E-state index in [0.717, 1.165) is 29.5 Å². The van der Waals surface area contributed by atoms with Crippen LogP contribution in [0.4, 0.5) is 4.39 Å². The summed E-state index contributed by atoms with van der Waals surface area (Å²) in [5.74, 6) is -0.555. The molecule has 2 aromatic carbocycles. The molecule has 0 radical (unpaired) electrons. The number of methoxy groups -OCH3 is 1. The van der Waals surface area contributed by atoms with Gasteiger partial charge < -0.3 is 4.74 Å². The molecule has 0 bridgehead atoms. The molecule has 0 spiro atoms. The molecule has 22 heavy (non-hydrogen) atoms. The molecule has 0 unspecified atom stereocenters. The fourth-order valence-corrected chi connectivity index (χ4v) is 2.22. The van der Waals surface area contributed by atoms with Gasteiger partial charge in [-0.25, -0.2) is 9.18 Å². The van der Waals surface area contributed by atoms with Gasteiger partial charge in [-0.05, 0) is 48.6 Å². The second kappa shape index (κ2) is 7.55. The lowest BCUT2D eigenvalue weighted by Crippen LogP contribution is -1.97. The van der Waals surface area contributed by atoms with Crippen molar-refractivity contribution in [1.29, 1.82) is 0 Å². The number of carbonyl (C=O) groups excluding carboxylic acids is 1. The average Bonchev–Trinajstić information content (AvgIpc) is 2.54. The minimum absolute atomic E-state index is 0.233. The Balaban J connectivity index is 2.07. The van der Waals surface area contributed by atoms with Crippen LogP contribution < -0.4 is 0 Å². The maximum Gasteiger partial charge on any atom is 0.330 e. The molecule has 0 saturated heterocycles. The zero-order valence-electron chi connectivity index (χ0n) is 12.8. The first-order valence-corrected chi connectivity index (χ1v) is 7.18. The van der Waals surface area contributed by atoms with Crippen LogP contribution in [0.15, 0.2) is 60.2 Å². The Morgan fingerprint density at radius 3 is 2.55 bits per heavy atom. The number of allylic oxidation sites excluding steroid dienone is 1. The van der Waals surface area contributed by atoms with Gasteiger partial charge in [-0.3, -0.25) is 0 Å². The number of hydrogen-bond donors (Lipinski definition) is 0. The van der Waals surface area contributed by atoms with Crippen LogP contribution in [0.3, 0.4) is 0 Å². The summed E-state index contributed by atoms with van der Waals surface area (Å²) in [6, 6.07) is 14.6. The molecule has 0 aliphatic carbocycles. The van der Waals surface area contributed by atoms with E-state index >= 15 is 0 Å². The van der Waals surface area contributed by atoms with E-state index in [2.05, 4.69) is 16.9 Å². The summed E-state index contributed by atoms with van der Waals surface area (Å²) in [5.41, 5.74) is 4.22. The number of aryl methyl sites for hydroxylation is 1. The second-order valence-electron chi connectivity index (χ2n) is 5.22. The van der Waals surface area contributed by atoms with Crippen LogP contribution in [0.1, 0.15) is 18.9 Å². The molecule has 2 aromatic rings. The van der Waals surface area contributed by atoms with Crippen molar-refractivity contribution in [3.05, 3.63) is 71.6 Å². The number of esters is 1. The summed E-state index contributed by atoms with van der Waals surface area (Å²) >= 11 is 0. The van der Waals surface area contributed by atoms with Gasteiger partial charge in [0.15, 0.2) is 0 Å². The Kier molecular flexibility index (Phi) is 5.48. The molecule has 0 aromatic heterocycles. The summed E-state index contributed by atoms with van der Waals surface area (Å²) in [4.78, 5) is 11.2. The maximum absolute atomic E-state index is 13.0. The van der Waals surface area contributed by atoms with Gasteiger partial charge in [0, 0.05) is 6.08 Å². The molecule has 0 heterocycles. The Labute approximate surface area is 130 Å². The lowest BCUT2D eigenvalue weighted by molar-refractivity contribution is -0.134. The number of hydrogen-bond acceptors (Lipinski definition) is 2. The highest BCUT2D eigenvalue weighted by molar-refractivity contribution is 5.82. The lowest BCUT2D eigenvalue weighted by atomic mass is 9.99. The fraction of sp³-hybridized carbons (Fsp3) is 0.211. The number of rotatable bonds is 5. The van der Waals surface area contributed by atoms with E-state index in [1.807, 2.05) is 19.1 Å². The number of halogens is 1. The minimum atomic E-state index is -0.322. The Morgan fingerprint density at radius 2 is 1.86 bits per heavy atom. The van der Waals surface area contributed by atoms with Gasteiger partial charge in [0.25, 0.3) is 0 Å². The van der Waals surface area contributed by atoms with E-state index in [1.165, 1.54) is 30.9 Å². The third-order valence-electron chi connectivity index (χ3n) is 3.48. The summed E-state index contributed by atoms with van der Waals surface area (Å²) in [7, 11) is 1.37. The van der Waals surface area contributed by atoms with Crippen molar-refractivity contribution in [2.45, 2.75) is 19.8 Å². The molecule has 0 saturated carbocycles. The maximum atomic E-state index is 13.0. The molecule has 0 amide bonds. The van der Waals surface area contributed by atoms with Crippen molar-refractivity contribution < 1.29 is 13.9 Å². The van der Waals surface area contributed by atoms with E-state index in [-0.39, 0.29) is 11.8 Å². The molecule has 2 nitrogen and oxygen atoms in total. The standard InChI is InChI=1S/C19H19FO2/c1-14(12-19(21)22-2)6-7-15-4-3-5-17(13-15)16-8-10-18(20)11-9-16/h3-5,8-13H,6-7H2,1-2H3/b14-12+. The molecule has 0 aliphatic rings. The van der Waals surface area contributed by atoms with Gasteiger partial charge in [0.2, 0.25) is 0 Å². The van der Waals surface area contributed by atoms with Crippen LogP contribution in [0.2, 0.25) is 0 Å². The number of benzene rings is 2. The van der Waals surface area contributed by atoms with Gasteiger partial charge in [-0.2, -0.15) is 0 Å². The van der Waals surface area contributed by atoms with Crippen LogP contribution in [0.25, 0.3) is 11.1 Å². The predicted molar refractivity (Wildman–Crippen MR) is 85.9 cm³/mol. The molecule has 0 aliphatic heterocycles. The molecule has 0 atom stereocenters. The molecule has 2 rings (SSSR count). The highest BCUT2D eigenvalue weighted by Gasteiger charge is 2.02. The zero-order chi connectivity index (χ0) is 15.9. The monoisotopic (exact) mass is 298 g/mol. The molecule has 114 valence electrons. The first-order valence-electron chi connectivity index (χ1n) is 7.18. The lowest BCUT2D eigenvalue weighted by Gasteiger charge is -2.06. The zero-order valence-corrected chi connectivity index (χ0v) is 12.8. The van der Waals surface area contributed by atoms with Crippen molar-refractivity contribution in [3.63, 3.8) is 0 Å². The number of ether oxygens (including phenoxy) is 1. The Bertz CT molecular complexity index is 672. The molecule has 0 N–H and O–H groups in total. The van der Waals surface area contributed by atoms with Gasteiger partial charge in [-0.1, -0.05) is 42.0 Å². The normalized spacial score (nSPS) is 11.3. The predicted octanol–water partition coefficient (Wildman–Crippen LogP) is 4.54. The van der Waals surface area contributed by atoms with Gasteiger partial charge in [0.05, 0.1) is 7.11 Å². The van der Waals surface area contributed by atoms with Crippen LogP contribution in [0.5, 0.6) is 0 Å². The highest BCUT2D eigenvalue weighted by atomic mass is 19.1. The molecule has 0 fully saturated rings. The van der Waals surface area contributed by atoms with Gasteiger partial charge in [-0.15, -0.1) is 0 Å². The molecule has 3 heteroatoms. The van der Waals surface area contributed by atoms with Crippen LogP contribution >= 0.6 is 0 Å². The van der Waals surface area contributed by atoms with Gasteiger partial charge >= 0.3 is 5.97 Å². The van der Waals surface area contributed by atoms with E-state index < -0.39 is 0 Å². The summed E-state index contributed by atoms with van der Waals surface area (Å²) < 4.78 is 17.6. The average molecular weight is 298 g/mol. The largest absolute Gasteiger partial charge is 0.466 e. The first kappa shape index (κ1) is 16.0. The van der Waals surface area contributed by atoms with Crippen molar-refractivity contribution >= 4 is 5.97 Å². The SMILES string of the molecule is COC(=O)/C=C(\C)CCc1cccc(-c2ccc(F)cc2)c1. The van der Waals surface area contributed by atoms with Crippen LogP contribution in [-0.4, -0.2) is 13.1 Å². The van der Waals surface area contributed by atoms with E-state index in [1.54, 1.807) is 12.1 Å².